The minimum absolute atomic E-state index is 0.142. The van der Waals surface area contributed by atoms with Gasteiger partial charge in [-0.3, -0.25) is 20.0 Å². The van der Waals surface area contributed by atoms with Crippen LogP contribution in [0.3, 0.4) is 0 Å². The number of fused-ring (bicyclic) bond motifs is 4. The van der Waals surface area contributed by atoms with Crippen molar-refractivity contribution in [3.8, 4) is 91.2 Å². The SMILES string of the molecule is Cc1cc2c(C(C)C)c(O)c(O)c(C=NCc3ccccc3)c2c(O)c1-c1c(C)cc2c(C(C)C)c(O)c(O)c(C=NCc3ccccc3)c2c1O.Cc1cc2c(C(C)C)c(O)c(O)c(C=NCc3ccccc3)c2c(O)c1-c1c(C)cc2c(C(C)C)c(O)c(O)c(C=NCc3ccccc3)c2c1O. The number of hydrogen-bond acceptors (Lipinski definition) is 16. The van der Waals surface area contributed by atoms with Gasteiger partial charge in [0.15, 0.2) is 46.0 Å². The molecule has 0 bridgehead atoms. The monoisotopic (exact) mass is 1390 g/mol. The van der Waals surface area contributed by atoms with Crippen LogP contribution in [-0.2, 0) is 26.2 Å². The van der Waals surface area contributed by atoms with Crippen molar-refractivity contribution >= 4 is 67.9 Å². The first-order valence-corrected chi connectivity index (χ1v) is 34.8. The Bertz CT molecular complexity index is 4760. The van der Waals surface area contributed by atoms with Crippen LogP contribution in [0.2, 0.25) is 0 Å². The van der Waals surface area contributed by atoms with Crippen LogP contribution in [0.25, 0.3) is 65.3 Å². The Balaban J connectivity index is 0.000000208. The number of rotatable bonds is 18. The lowest BCUT2D eigenvalue weighted by atomic mass is 9.83. The first kappa shape index (κ1) is 73.2. The third-order valence-corrected chi connectivity index (χ3v) is 19.3. The van der Waals surface area contributed by atoms with Gasteiger partial charge in [0.05, 0.1) is 26.2 Å². The van der Waals surface area contributed by atoms with E-state index in [-0.39, 0.29) is 113 Å². The molecule has 0 amide bonds. The molecular weight excluding hydrogens is 1300 g/mol. The summed E-state index contributed by atoms with van der Waals surface area (Å²) < 4.78 is 0. The van der Waals surface area contributed by atoms with Crippen molar-refractivity contribution in [2.45, 2.75) is 133 Å². The van der Waals surface area contributed by atoms with Gasteiger partial charge in [0.25, 0.3) is 0 Å². The molecule has 0 fully saturated rings. The average molecular weight is 1390 g/mol. The maximum absolute atomic E-state index is 12.3. The molecule has 12 rings (SSSR count). The number of aromatic hydroxyl groups is 12. The molecule has 0 aliphatic heterocycles. The van der Waals surface area contributed by atoms with Crippen molar-refractivity contribution in [2.75, 3.05) is 0 Å². The normalized spacial score (nSPS) is 12.1. The zero-order chi connectivity index (χ0) is 74.9. The highest BCUT2D eigenvalue weighted by Gasteiger charge is 2.33. The molecule has 0 saturated heterocycles. The number of benzene rings is 12. The molecule has 0 unspecified atom stereocenters. The fourth-order valence-corrected chi connectivity index (χ4v) is 14.6. The Morgan fingerprint density at radius 3 is 0.587 bits per heavy atom. The van der Waals surface area contributed by atoms with E-state index in [1.807, 2.05) is 229 Å². The van der Waals surface area contributed by atoms with E-state index in [2.05, 4.69) is 20.0 Å². The standard InChI is InChI=1S/2C44H44N2O6/c2*1-23(2)33-29-17-25(5)35(41(49)37(29)31(39(47)43(33)51)21-45-19-27-13-9-7-10-14-27)36-26(6)18-30-34(24(3)4)44(52)40(48)32(38(30)42(36)50)22-46-20-28-15-11-8-12-16-28/h2*7-18,21-24,47-52H,19-20H2,1-6H3. The molecule has 104 heavy (non-hydrogen) atoms. The third kappa shape index (κ3) is 13.7. The van der Waals surface area contributed by atoms with Gasteiger partial charge < -0.3 is 61.3 Å². The molecule has 16 heteroatoms. The zero-order valence-corrected chi connectivity index (χ0v) is 60.5. The minimum atomic E-state index is -0.406. The molecule has 16 nitrogen and oxygen atoms in total. The molecule has 0 saturated carbocycles. The van der Waals surface area contributed by atoms with Gasteiger partial charge in [-0.25, -0.2) is 0 Å². The lowest BCUT2D eigenvalue weighted by Gasteiger charge is -2.23. The van der Waals surface area contributed by atoms with Crippen LogP contribution < -0.4 is 0 Å². The summed E-state index contributed by atoms with van der Waals surface area (Å²) >= 11 is 0. The third-order valence-electron chi connectivity index (χ3n) is 19.3. The van der Waals surface area contributed by atoms with E-state index in [0.717, 1.165) is 22.3 Å². The summed E-state index contributed by atoms with van der Waals surface area (Å²) in [5.74, 6) is -4.46. The number of nitrogens with zero attached hydrogens (tertiary/aromatic N) is 4. The summed E-state index contributed by atoms with van der Waals surface area (Å²) in [5, 5.41) is 143. The van der Waals surface area contributed by atoms with Crippen LogP contribution in [0.15, 0.2) is 166 Å². The van der Waals surface area contributed by atoms with Crippen LogP contribution >= 0.6 is 0 Å². The van der Waals surface area contributed by atoms with Crippen molar-refractivity contribution in [1.29, 1.82) is 0 Å². The van der Waals surface area contributed by atoms with Gasteiger partial charge in [-0.2, -0.15) is 0 Å². The number of hydrogen-bond donors (Lipinski definition) is 12. The van der Waals surface area contributed by atoms with Crippen molar-refractivity contribution in [1.82, 2.24) is 0 Å². The Labute approximate surface area is 604 Å². The molecule has 0 radical (unpaired) electrons. The summed E-state index contributed by atoms with van der Waals surface area (Å²) in [4.78, 5) is 18.3. The van der Waals surface area contributed by atoms with Crippen LogP contribution in [0, 0.1) is 27.7 Å². The summed E-state index contributed by atoms with van der Waals surface area (Å²) in [6, 6.07) is 45.7. The molecule has 12 N–H and O–H groups in total. The predicted octanol–water partition coefficient (Wildman–Crippen LogP) is 20.0. The highest BCUT2D eigenvalue weighted by atomic mass is 16.3. The topological polar surface area (TPSA) is 292 Å². The molecule has 0 spiro atoms. The molecule has 532 valence electrons. The van der Waals surface area contributed by atoms with Crippen molar-refractivity contribution in [3.63, 3.8) is 0 Å². The van der Waals surface area contributed by atoms with Gasteiger partial charge in [-0.1, -0.05) is 201 Å². The summed E-state index contributed by atoms with van der Waals surface area (Å²) in [6.07, 6.45) is 5.82. The smallest absolute Gasteiger partial charge is 0.167 e. The van der Waals surface area contributed by atoms with Crippen LogP contribution in [0.1, 0.15) is 168 Å². The molecule has 0 heterocycles. The van der Waals surface area contributed by atoms with Crippen LogP contribution in [0.5, 0.6) is 69.0 Å². The fourth-order valence-electron chi connectivity index (χ4n) is 14.6. The fraction of sp³-hybridized carbons (Fsp3) is 0.227. The predicted molar refractivity (Wildman–Crippen MR) is 420 cm³/mol. The van der Waals surface area contributed by atoms with E-state index in [1.165, 1.54) is 24.9 Å². The molecular formula is C88H88N4O12. The van der Waals surface area contributed by atoms with Gasteiger partial charge >= 0.3 is 0 Å². The van der Waals surface area contributed by atoms with E-state index in [1.54, 1.807) is 0 Å². The first-order valence-electron chi connectivity index (χ1n) is 34.8. The molecule has 0 atom stereocenters. The van der Waals surface area contributed by atoms with Gasteiger partial charge in [0.1, 0.15) is 23.0 Å². The van der Waals surface area contributed by atoms with Crippen molar-refractivity contribution in [2.24, 2.45) is 20.0 Å². The zero-order valence-electron chi connectivity index (χ0n) is 60.5. The number of phenolic OH excluding ortho intramolecular Hbond substituents is 12. The van der Waals surface area contributed by atoms with E-state index in [0.29, 0.717) is 114 Å². The van der Waals surface area contributed by atoms with Gasteiger partial charge in [-0.05, 0) is 117 Å². The Kier molecular flexibility index (Phi) is 21.3. The lowest BCUT2D eigenvalue weighted by molar-refractivity contribution is 0.398. The molecule has 12 aromatic rings. The quantitative estimate of drug-likeness (QED) is 0.0282. The van der Waals surface area contributed by atoms with E-state index >= 15 is 0 Å². The molecule has 0 aromatic heterocycles. The van der Waals surface area contributed by atoms with E-state index < -0.39 is 23.0 Å². The number of aryl methyl sites for hydroxylation is 4. The van der Waals surface area contributed by atoms with E-state index in [9.17, 15) is 61.3 Å². The van der Waals surface area contributed by atoms with Gasteiger partial charge in [0, 0.05) is 113 Å². The summed E-state index contributed by atoms with van der Waals surface area (Å²) in [5.41, 5.74) is 9.89. The number of phenols is 12. The highest BCUT2D eigenvalue weighted by molar-refractivity contribution is 6.17. The largest absolute Gasteiger partial charge is 0.507 e. The highest BCUT2D eigenvalue weighted by Crippen LogP contribution is 2.57. The second-order valence-electron chi connectivity index (χ2n) is 27.9. The molecule has 0 aliphatic rings. The second-order valence-corrected chi connectivity index (χ2v) is 27.9. The van der Waals surface area contributed by atoms with Crippen LogP contribution in [-0.4, -0.2) is 86.1 Å². The van der Waals surface area contributed by atoms with Crippen molar-refractivity contribution < 1.29 is 61.3 Å². The Morgan fingerprint density at radius 1 is 0.250 bits per heavy atom. The second kappa shape index (κ2) is 30.3. The summed E-state index contributed by atoms with van der Waals surface area (Å²) in [6.45, 7) is 23.6. The molecule has 0 aliphatic carbocycles. The van der Waals surface area contributed by atoms with Gasteiger partial charge in [0.2, 0.25) is 0 Å². The van der Waals surface area contributed by atoms with Crippen molar-refractivity contribution in [3.05, 3.63) is 235 Å². The first-order chi connectivity index (χ1) is 49.7. The van der Waals surface area contributed by atoms with E-state index in [4.69, 9.17) is 0 Å². The Morgan fingerprint density at radius 2 is 0.423 bits per heavy atom. The maximum atomic E-state index is 12.3. The summed E-state index contributed by atoms with van der Waals surface area (Å²) in [7, 11) is 0. The molecule has 12 aromatic carbocycles. The Hall–Kier alpha value is -12.0. The average Bonchev–Trinajstić information content (AvgIpc) is 0.743. The lowest BCUT2D eigenvalue weighted by Crippen LogP contribution is -2.01. The number of aliphatic imine (C=N–C) groups is 4. The van der Waals surface area contributed by atoms with Crippen LogP contribution in [0.4, 0.5) is 0 Å². The van der Waals surface area contributed by atoms with Gasteiger partial charge in [-0.15, -0.1) is 0 Å². The maximum Gasteiger partial charge on any atom is 0.167 e. The minimum Gasteiger partial charge on any atom is -0.507 e.